The number of aryl methyl sites for hydroxylation is 1. The van der Waals surface area contributed by atoms with Crippen LogP contribution in [0, 0.1) is 6.92 Å². The maximum Gasteiger partial charge on any atom is 0.152 e. The van der Waals surface area contributed by atoms with Gasteiger partial charge in [-0.3, -0.25) is 0 Å². The first-order chi connectivity index (χ1) is 7.66. The highest BCUT2D eigenvalue weighted by molar-refractivity contribution is 5.71. The van der Waals surface area contributed by atoms with Gasteiger partial charge in [0.15, 0.2) is 5.75 Å². The van der Waals surface area contributed by atoms with Crippen molar-refractivity contribution in [2.24, 2.45) is 0 Å². The monoisotopic (exact) mass is 214 g/mol. The van der Waals surface area contributed by atoms with Gasteiger partial charge in [-0.05, 0) is 31.2 Å². The second-order valence-corrected chi connectivity index (χ2v) is 3.67. The third kappa shape index (κ3) is 2.08. The number of ether oxygens (including phenoxy) is 1. The highest BCUT2D eigenvalue weighted by atomic mass is 16.5. The quantitative estimate of drug-likeness (QED) is 0.755. The van der Waals surface area contributed by atoms with Gasteiger partial charge in [0, 0.05) is 0 Å². The fourth-order valence-corrected chi connectivity index (χ4v) is 1.38. The number of benzene rings is 2. The molecule has 0 unspecified atom stereocenters. The Hall–Kier alpha value is -2.16. The topological polar surface area (TPSA) is 61.3 Å². The van der Waals surface area contributed by atoms with Crippen molar-refractivity contribution in [2.45, 2.75) is 6.92 Å². The van der Waals surface area contributed by atoms with E-state index in [0.29, 0.717) is 17.1 Å². The number of para-hydroxylation sites is 1. The van der Waals surface area contributed by atoms with Crippen molar-refractivity contribution in [2.75, 3.05) is 11.5 Å². The van der Waals surface area contributed by atoms with Crippen molar-refractivity contribution in [3.05, 3.63) is 48.0 Å². The summed E-state index contributed by atoms with van der Waals surface area (Å²) in [4.78, 5) is 0. The molecule has 3 nitrogen and oxygen atoms in total. The van der Waals surface area contributed by atoms with Gasteiger partial charge in [0.1, 0.15) is 5.75 Å². The van der Waals surface area contributed by atoms with Gasteiger partial charge in [-0.25, -0.2) is 0 Å². The van der Waals surface area contributed by atoms with Crippen LogP contribution in [0.5, 0.6) is 11.5 Å². The number of hydrogen-bond acceptors (Lipinski definition) is 3. The molecule has 82 valence electrons. The minimum Gasteiger partial charge on any atom is -0.455 e. The van der Waals surface area contributed by atoms with Crippen LogP contribution in [0.25, 0.3) is 0 Å². The Morgan fingerprint density at radius 1 is 0.938 bits per heavy atom. The molecule has 0 saturated carbocycles. The molecule has 0 bridgehead atoms. The van der Waals surface area contributed by atoms with Crippen molar-refractivity contribution in [3.8, 4) is 11.5 Å². The molecule has 0 heterocycles. The number of nitrogen functional groups attached to an aromatic ring is 2. The van der Waals surface area contributed by atoms with Gasteiger partial charge in [0.25, 0.3) is 0 Å². The van der Waals surface area contributed by atoms with Crippen LogP contribution >= 0.6 is 0 Å². The number of nitrogens with two attached hydrogens (primary N) is 2. The summed E-state index contributed by atoms with van der Waals surface area (Å²) >= 11 is 0. The Labute approximate surface area is 94.6 Å². The molecule has 0 radical (unpaired) electrons. The third-order valence-corrected chi connectivity index (χ3v) is 2.35. The molecule has 16 heavy (non-hydrogen) atoms. The first kappa shape index (κ1) is 10.4. The third-order valence-electron chi connectivity index (χ3n) is 2.35. The summed E-state index contributed by atoms with van der Waals surface area (Å²) in [5, 5.41) is 0. The highest BCUT2D eigenvalue weighted by Crippen LogP contribution is 2.31. The second-order valence-electron chi connectivity index (χ2n) is 3.67. The van der Waals surface area contributed by atoms with Crippen LogP contribution in [0.1, 0.15) is 5.56 Å². The van der Waals surface area contributed by atoms with Crippen molar-refractivity contribution < 1.29 is 4.74 Å². The lowest BCUT2D eigenvalue weighted by molar-refractivity contribution is 0.485. The highest BCUT2D eigenvalue weighted by Gasteiger charge is 2.04. The Bertz CT molecular complexity index is 492. The summed E-state index contributed by atoms with van der Waals surface area (Å²) in [6.07, 6.45) is 0. The van der Waals surface area contributed by atoms with E-state index >= 15 is 0 Å². The maximum atomic E-state index is 5.81. The lowest BCUT2D eigenvalue weighted by Crippen LogP contribution is -1.97. The first-order valence-corrected chi connectivity index (χ1v) is 5.05. The summed E-state index contributed by atoms with van der Waals surface area (Å²) < 4.78 is 5.64. The molecule has 0 aliphatic heterocycles. The number of rotatable bonds is 2. The van der Waals surface area contributed by atoms with Gasteiger partial charge in [-0.1, -0.05) is 23.8 Å². The van der Waals surface area contributed by atoms with Crippen LogP contribution < -0.4 is 16.2 Å². The molecular formula is C13H14N2O. The largest absolute Gasteiger partial charge is 0.455 e. The summed E-state index contributed by atoms with van der Waals surface area (Å²) in [7, 11) is 0. The van der Waals surface area contributed by atoms with Crippen LogP contribution in [0.2, 0.25) is 0 Å². The van der Waals surface area contributed by atoms with E-state index in [1.165, 1.54) is 5.56 Å². The average molecular weight is 214 g/mol. The molecule has 0 aromatic heterocycles. The van der Waals surface area contributed by atoms with E-state index in [1.54, 1.807) is 12.1 Å². The zero-order valence-electron chi connectivity index (χ0n) is 9.10. The van der Waals surface area contributed by atoms with Crippen molar-refractivity contribution >= 4 is 11.4 Å². The van der Waals surface area contributed by atoms with E-state index < -0.39 is 0 Å². The molecule has 2 aromatic rings. The average Bonchev–Trinajstić information content (AvgIpc) is 2.28. The molecule has 2 rings (SSSR count). The van der Waals surface area contributed by atoms with Gasteiger partial charge >= 0.3 is 0 Å². The van der Waals surface area contributed by atoms with Gasteiger partial charge < -0.3 is 16.2 Å². The van der Waals surface area contributed by atoms with E-state index in [2.05, 4.69) is 0 Å². The fourth-order valence-electron chi connectivity index (χ4n) is 1.38. The van der Waals surface area contributed by atoms with Crippen molar-refractivity contribution in [3.63, 3.8) is 0 Å². The van der Waals surface area contributed by atoms with E-state index in [-0.39, 0.29) is 0 Å². The Balaban J connectivity index is 2.27. The molecule has 0 aliphatic rings. The van der Waals surface area contributed by atoms with Gasteiger partial charge in [-0.2, -0.15) is 0 Å². The zero-order chi connectivity index (χ0) is 11.5. The molecule has 4 N–H and O–H groups in total. The first-order valence-electron chi connectivity index (χ1n) is 5.05. The van der Waals surface area contributed by atoms with Crippen molar-refractivity contribution in [1.82, 2.24) is 0 Å². The molecule has 3 heteroatoms. The minimum atomic E-state index is 0.475. The predicted octanol–water partition coefficient (Wildman–Crippen LogP) is 2.95. The molecule has 0 fully saturated rings. The lowest BCUT2D eigenvalue weighted by Gasteiger charge is -2.09. The molecule has 0 aliphatic carbocycles. The zero-order valence-corrected chi connectivity index (χ0v) is 9.10. The molecule has 0 atom stereocenters. The summed E-state index contributed by atoms with van der Waals surface area (Å²) in [6.45, 7) is 2.03. The van der Waals surface area contributed by atoms with Crippen LogP contribution in [0.15, 0.2) is 42.5 Å². The SMILES string of the molecule is Cc1ccc(Oc2cccc(N)c2N)cc1. The van der Waals surface area contributed by atoms with E-state index in [9.17, 15) is 0 Å². The van der Waals surface area contributed by atoms with Crippen LogP contribution in [0.4, 0.5) is 11.4 Å². The van der Waals surface area contributed by atoms with E-state index in [4.69, 9.17) is 16.2 Å². The normalized spacial score (nSPS) is 10.1. The van der Waals surface area contributed by atoms with Gasteiger partial charge in [0.05, 0.1) is 11.4 Å². The Morgan fingerprint density at radius 3 is 2.31 bits per heavy atom. The van der Waals surface area contributed by atoms with Crippen LogP contribution in [-0.4, -0.2) is 0 Å². The fraction of sp³-hybridized carbons (Fsp3) is 0.0769. The van der Waals surface area contributed by atoms with Crippen LogP contribution in [-0.2, 0) is 0 Å². The van der Waals surface area contributed by atoms with Gasteiger partial charge in [-0.15, -0.1) is 0 Å². The molecular weight excluding hydrogens is 200 g/mol. The van der Waals surface area contributed by atoms with E-state index in [0.717, 1.165) is 5.75 Å². The number of hydrogen-bond donors (Lipinski definition) is 2. The molecule has 0 spiro atoms. The number of anilines is 2. The predicted molar refractivity (Wildman–Crippen MR) is 66.5 cm³/mol. The maximum absolute atomic E-state index is 5.81. The summed E-state index contributed by atoms with van der Waals surface area (Å²) in [6, 6.07) is 13.1. The van der Waals surface area contributed by atoms with Gasteiger partial charge in [0.2, 0.25) is 0 Å². The molecule has 2 aromatic carbocycles. The van der Waals surface area contributed by atoms with Crippen LogP contribution in [0.3, 0.4) is 0 Å². The molecule has 0 amide bonds. The van der Waals surface area contributed by atoms with E-state index in [1.807, 2.05) is 37.3 Å². The lowest BCUT2D eigenvalue weighted by atomic mass is 10.2. The standard InChI is InChI=1S/C13H14N2O/c1-9-5-7-10(8-6-9)16-12-4-2-3-11(14)13(12)15/h2-8H,14-15H2,1H3. The summed E-state index contributed by atoms with van der Waals surface area (Å²) in [5.74, 6) is 1.34. The van der Waals surface area contributed by atoms with Crippen molar-refractivity contribution in [1.29, 1.82) is 0 Å². The smallest absolute Gasteiger partial charge is 0.152 e. The Kier molecular flexibility index (Phi) is 2.68. The molecule has 0 saturated heterocycles. The summed E-state index contributed by atoms with van der Waals surface area (Å²) in [5.41, 5.74) is 13.7. The second kappa shape index (κ2) is 4.14. The minimum absolute atomic E-state index is 0.475. The Morgan fingerprint density at radius 2 is 1.62 bits per heavy atom.